The van der Waals surface area contributed by atoms with Gasteiger partial charge in [0, 0.05) is 30.9 Å². The lowest BCUT2D eigenvalue weighted by atomic mass is 9.98. The number of rotatable bonds is 4. The molecule has 136 valence electrons. The Labute approximate surface area is 152 Å². The molecule has 0 atom stereocenters. The van der Waals surface area contributed by atoms with Crippen LogP contribution in [0.25, 0.3) is 0 Å². The minimum atomic E-state index is -0.482. The summed E-state index contributed by atoms with van der Waals surface area (Å²) in [6.45, 7) is 5.72. The molecule has 1 N–H and O–H groups in total. The van der Waals surface area contributed by atoms with Gasteiger partial charge in [0.25, 0.3) is 11.6 Å². The molecule has 1 fully saturated rings. The predicted molar refractivity (Wildman–Crippen MR) is 101 cm³/mol. The van der Waals surface area contributed by atoms with Gasteiger partial charge in [-0.15, -0.1) is 0 Å². The number of nitrogens with zero attached hydrogens (tertiary/aromatic N) is 3. The van der Waals surface area contributed by atoms with Gasteiger partial charge in [0.05, 0.1) is 16.2 Å². The summed E-state index contributed by atoms with van der Waals surface area (Å²) >= 11 is 0. The van der Waals surface area contributed by atoms with E-state index < -0.39 is 4.92 Å². The monoisotopic (exact) mass is 354 g/mol. The Hall–Kier alpha value is -2.96. The second-order valence-electron chi connectivity index (χ2n) is 6.75. The van der Waals surface area contributed by atoms with Gasteiger partial charge in [0.2, 0.25) is 0 Å². The van der Waals surface area contributed by atoms with Gasteiger partial charge in [-0.05, 0) is 43.9 Å². The quantitative estimate of drug-likeness (QED) is 0.667. The summed E-state index contributed by atoms with van der Waals surface area (Å²) in [5.41, 5.74) is 1.72. The van der Waals surface area contributed by atoms with Crippen molar-refractivity contribution >= 4 is 23.1 Å². The van der Waals surface area contributed by atoms with E-state index in [1.54, 1.807) is 18.2 Å². The van der Waals surface area contributed by atoms with Gasteiger partial charge in [0.1, 0.15) is 5.82 Å². The Morgan fingerprint density at radius 2 is 2.00 bits per heavy atom. The first-order valence-corrected chi connectivity index (χ1v) is 8.72. The number of benzene rings is 1. The highest BCUT2D eigenvalue weighted by Gasteiger charge is 2.23. The first-order valence-electron chi connectivity index (χ1n) is 8.72. The SMILES string of the molecule is Cc1cccc(NC(=O)c2cc([N+](=O)[O-])ccc2N2CCC(C)CC2)n1. The van der Waals surface area contributed by atoms with Crippen LogP contribution in [0.3, 0.4) is 0 Å². The molecule has 0 saturated carbocycles. The van der Waals surface area contributed by atoms with Gasteiger partial charge >= 0.3 is 0 Å². The normalized spacial score (nSPS) is 14.9. The fraction of sp³-hybridized carbons (Fsp3) is 0.368. The molecule has 1 amide bonds. The van der Waals surface area contributed by atoms with Crippen molar-refractivity contribution in [3.63, 3.8) is 0 Å². The Bertz CT molecular complexity index is 829. The van der Waals surface area contributed by atoms with Gasteiger partial charge in [-0.3, -0.25) is 14.9 Å². The fourth-order valence-electron chi connectivity index (χ4n) is 3.14. The standard InChI is InChI=1S/C19H22N4O3/c1-13-8-10-22(11-9-13)17-7-6-15(23(25)26)12-16(17)19(24)21-18-5-3-4-14(2)20-18/h3-7,12-13H,8-11H2,1-2H3,(H,20,21,24). The summed E-state index contributed by atoms with van der Waals surface area (Å²) in [4.78, 5) is 29.9. The van der Waals surface area contributed by atoms with Gasteiger partial charge in [-0.1, -0.05) is 13.0 Å². The molecule has 0 radical (unpaired) electrons. The number of aryl methyl sites for hydroxylation is 1. The molecule has 0 aliphatic carbocycles. The van der Waals surface area contributed by atoms with Crippen molar-refractivity contribution < 1.29 is 9.72 Å². The highest BCUT2D eigenvalue weighted by atomic mass is 16.6. The Morgan fingerprint density at radius 3 is 2.65 bits per heavy atom. The van der Waals surface area contributed by atoms with E-state index in [4.69, 9.17) is 0 Å². The predicted octanol–water partition coefficient (Wildman–Crippen LogP) is 3.79. The third-order valence-corrected chi connectivity index (χ3v) is 4.69. The lowest BCUT2D eigenvalue weighted by Gasteiger charge is -2.33. The molecule has 0 unspecified atom stereocenters. The maximum Gasteiger partial charge on any atom is 0.270 e. The van der Waals surface area contributed by atoms with Gasteiger partial charge in [-0.25, -0.2) is 4.98 Å². The first-order chi connectivity index (χ1) is 12.4. The van der Waals surface area contributed by atoms with Crippen molar-refractivity contribution in [1.82, 2.24) is 4.98 Å². The molecule has 0 spiro atoms. The van der Waals surface area contributed by atoms with Crippen LogP contribution in [-0.4, -0.2) is 28.9 Å². The van der Waals surface area contributed by atoms with E-state index in [1.165, 1.54) is 12.1 Å². The number of nitro benzene ring substituents is 1. The van der Waals surface area contributed by atoms with Crippen molar-refractivity contribution in [2.24, 2.45) is 5.92 Å². The highest BCUT2D eigenvalue weighted by molar-refractivity contribution is 6.08. The molecule has 1 saturated heterocycles. The third kappa shape index (κ3) is 3.99. The first kappa shape index (κ1) is 17.8. The number of hydrogen-bond acceptors (Lipinski definition) is 5. The lowest BCUT2D eigenvalue weighted by molar-refractivity contribution is -0.384. The number of aromatic nitrogens is 1. The highest BCUT2D eigenvalue weighted by Crippen LogP contribution is 2.29. The van der Waals surface area contributed by atoms with E-state index in [1.807, 2.05) is 13.0 Å². The van der Waals surface area contributed by atoms with Gasteiger partial charge in [-0.2, -0.15) is 0 Å². The summed E-state index contributed by atoms with van der Waals surface area (Å²) in [6.07, 6.45) is 2.08. The lowest BCUT2D eigenvalue weighted by Crippen LogP contribution is -2.34. The summed E-state index contributed by atoms with van der Waals surface area (Å²) in [6, 6.07) is 9.81. The van der Waals surface area contributed by atoms with Crippen LogP contribution in [0, 0.1) is 23.0 Å². The molecule has 1 aliphatic heterocycles. The molecule has 1 aromatic heterocycles. The zero-order valence-electron chi connectivity index (χ0n) is 14.9. The summed E-state index contributed by atoms with van der Waals surface area (Å²) in [7, 11) is 0. The fourth-order valence-corrected chi connectivity index (χ4v) is 3.14. The van der Waals surface area contributed by atoms with Crippen LogP contribution in [0.1, 0.15) is 35.8 Å². The second-order valence-corrected chi connectivity index (χ2v) is 6.75. The van der Waals surface area contributed by atoms with E-state index >= 15 is 0 Å². The Morgan fingerprint density at radius 1 is 1.27 bits per heavy atom. The number of carbonyl (C=O) groups is 1. The average Bonchev–Trinajstić information content (AvgIpc) is 2.62. The average molecular weight is 354 g/mol. The van der Waals surface area contributed by atoms with E-state index in [2.05, 4.69) is 22.1 Å². The summed E-state index contributed by atoms with van der Waals surface area (Å²) < 4.78 is 0. The molecular weight excluding hydrogens is 332 g/mol. The second kappa shape index (κ2) is 7.51. The van der Waals surface area contributed by atoms with Crippen molar-refractivity contribution in [2.75, 3.05) is 23.3 Å². The number of pyridine rings is 1. The van der Waals surface area contributed by atoms with Gasteiger partial charge in [0.15, 0.2) is 0 Å². The summed E-state index contributed by atoms with van der Waals surface area (Å²) in [5.74, 6) is 0.693. The van der Waals surface area contributed by atoms with E-state index in [0.717, 1.165) is 37.3 Å². The molecule has 0 bridgehead atoms. The van der Waals surface area contributed by atoms with Crippen LogP contribution >= 0.6 is 0 Å². The maximum absolute atomic E-state index is 12.8. The van der Waals surface area contributed by atoms with Crippen LogP contribution in [0.2, 0.25) is 0 Å². The third-order valence-electron chi connectivity index (χ3n) is 4.69. The zero-order valence-corrected chi connectivity index (χ0v) is 14.9. The van der Waals surface area contributed by atoms with Crippen molar-refractivity contribution in [3.8, 4) is 0 Å². The number of nitrogens with one attached hydrogen (secondary N) is 1. The molecule has 3 rings (SSSR count). The molecule has 2 heterocycles. The molecule has 1 aromatic carbocycles. The molecule has 7 nitrogen and oxygen atoms in total. The number of piperidine rings is 1. The van der Waals surface area contributed by atoms with Crippen LogP contribution in [0.4, 0.5) is 17.2 Å². The minimum Gasteiger partial charge on any atom is -0.371 e. The van der Waals surface area contributed by atoms with Crippen LogP contribution in [0.5, 0.6) is 0 Å². The topological polar surface area (TPSA) is 88.4 Å². The zero-order chi connectivity index (χ0) is 18.7. The molecular formula is C19H22N4O3. The Balaban J connectivity index is 1.92. The smallest absolute Gasteiger partial charge is 0.270 e. The Kier molecular flexibility index (Phi) is 5.16. The van der Waals surface area contributed by atoms with E-state index in [9.17, 15) is 14.9 Å². The van der Waals surface area contributed by atoms with E-state index in [-0.39, 0.29) is 11.6 Å². The number of non-ortho nitro benzene ring substituents is 1. The number of hydrogen-bond donors (Lipinski definition) is 1. The molecule has 1 aliphatic rings. The van der Waals surface area contributed by atoms with E-state index in [0.29, 0.717) is 17.3 Å². The number of amides is 1. The van der Waals surface area contributed by atoms with Crippen molar-refractivity contribution in [2.45, 2.75) is 26.7 Å². The molecule has 2 aromatic rings. The maximum atomic E-state index is 12.8. The van der Waals surface area contributed by atoms with Crippen LogP contribution in [0.15, 0.2) is 36.4 Å². The summed E-state index contributed by atoms with van der Waals surface area (Å²) in [5, 5.41) is 13.9. The number of carbonyl (C=O) groups excluding carboxylic acids is 1. The number of nitro groups is 1. The van der Waals surface area contributed by atoms with Crippen molar-refractivity contribution in [1.29, 1.82) is 0 Å². The van der Waals surface area contributed by atoms with Gasteiger partial charge < -0.3 is 10.2 Å². The minimum absolute atomic E-state index is 0.0959. The van der Waals surface area contributed by atoms with Crippen molar-refractivity contribution in [3.05, 3.63) is 57.8 Å². The largest absolute Gasteiger partial charge is 0.371 e. The molecule has 7 heteroatoms. The van der Waals surface area contributed by atoms with Crippen LogP contribution in [-0.2, 0) is 0 Å². The molecule has 26 heavy (non-hydrogen) atoms. The van der Waals surface area contributed by atoms with Crippen LogP contribution < -0.4 is 10.2 Å². The number of anilines is 2.